The van der Waals surface area contributed by atoms with Gasteiger partial charge in [0.15, 0.2) is 11.5 Å². The van der Waals surface area contributed by atoms with Crippen molar-refractivity contribution in [1.82, 2.24) is 19.5 Å². The molecule has 2 aromatic rings. The Labute approximate surface area is 146 Å². The Morgan fingerprint density at radius 2 is 2.04 bits per heavy atom. The third-order valence-electron chi connectivity index (χ3n) is 5.49. The summed E-state index contributed by atoms with van der Waals surface area (Å²) in [5.74, 6) is 1.27. The predicted molar refractivity (Wildman–Crippen MR) is 97.7 cm³/mol. The number of nitrogens with one attached hydrogen (secondary N) is 1. The van der Waals surface area contributed by atoms with Crippen LogP contribution in [-0.4, -0.2) is 25.4 Å². The molecular formula is C18H22N6O. The molecule has 1 atom stereocenters. The summed E-state index contributed by atoms with van der Waals surface area (Å²) in [6, 6.07) is 0. The van der Waals surface area contributed by atoms with Crippen LogP contribution < -0.4 is 11.1 Å². The first-order valence-electron chi connectivity index (χ1n) is 8.47. The summed E-state index contributed by atoms with van der Waals surface area (Å²) < 4.78 is 2.04. The summed E-state index contributed by atoms with van der Waals surface area (Å²) >= 11 is 0. The highest BCUT2D eigenvalue weighted by Crippen LogP contribution is 2.44. The van der Waals surface area contributed by atoms with Gasteiger partial charge in [-0.1, -0.05) is 17.7 Å². The number of nitrogens with zero attached hydrogens (tertiary/aromatic N) is 4. The van der Waals surface area contributed by atoms with E-state index < -0.39 is 5.41 Å². The number of nitrogens with two attached hydrogens (primary N) is 1. The van der Waals surface area contributed by atoms with Crippen LogP contribution in [0.25, 0.3) is 16.7 Å². The number of imidazole rings is 1. The van der Waals surface area contributed by atoms with Crippen LogP contribution in [0.5, 0.6) is 0 Å². The maximum Gasteiger partial charge on any atom is 0.233 e. The van der Waals surface area contributed by atoms with Crippen molar-refractivity contribution in [1.29, 1.82) is 0 Å². The highest BCUT2D eigenvalue weighted by Gasteiger charge is 2.44. The molecule has 130 valence electrons. The Balaban J connectivity index is 1.96. The zero-order valence-electron chi connectivity index (χ0n) is 14.8. The lowest BCUT2D eigenvalue weighted by Crippen LogP contribution is -2.40. The van der Waals surface area contributed by atoms with Gasteiger partial charge in [0.1, 0.15) is 11.3 Å². The molecule has 25 heavy (non-hydrogen) atoms. The summed E-state index contributed by atoms with van der Waals surface area (Å²) in [5, 5.41) is 2.99. The lowest BCUT2D eigenvalue weighted by Gasteiger charge is -2.36. The van der Waals surface area contributed by atoms with Gasteiger partial charge in [-0.05, 0) is 45.6 Å². The van der Waals surface area contributed by atoms with E-state index >= 15 is 0 Å². The number of rotatable bonds is 1. The number of nitrogen functional groups attached to an aromatic ring is 1. The Morgan fingerprint density at radius 1 is 1.28 bits per heavy atom. The van der Waals surface area contributed by atoms with E-state index in [-0.39, 0.29) is 11.9 Å². The van der Waals surface area contributed by atoms with Crippen molar-refractivity contribution in [3.63, 3.8) is 0 Å². The van der Waals surface area contributed by atoms with Gasteiger partial charge in [-0.2, -0.15) is 9.97 Å². The van der Waals surface area contributed by atoms with E-state index in [9.17, 15) is 4.79 Å². The Morgan fingerprint density at radius 3 is 2.72 bits per heavy atom. The minimum absolute atomic E-state index is 0.00452. The van der Waals surface area contributed by atoms with E-state index in [1.54, 1.807) is 0 Å². The van der Waals surface area contributed by atoms with E-state index in [0.717, 1.165) is 36.2 Å². The molecule has 1 amide bonds. The SMILES string of the molecule is C=C(C)c1nc2nc(N)nc3c2n1CC1(CCC(C)=C(C)C1)C(=O)N3. The fourth-order valence-corrected chi connectivity index (χ4v) is 3.95. The molecular weight excluding hydrogens is 316 g/mol. The van der Waals surface area contributed by atoms with E-state index in [2.05, 4.69) is 40.7 Å². The summed E-state index contributed by atoms with van der Waals surface area (Å²) in [5.41, 5.74) is 10.0. The van der Waals surface area contributed by atoms with Crippen LogP contribution in [0.15, 0.2) is 17.7 Å². The first kappa shape index (κ1) is 15.8. The molecule has 0 aromatic carbocycles. The molecule has 0 saturated carbocycles. The fraction of sp³-hybridized carbons (Fsp3) is 0.444. The van der Waals surface area contributed by atoms with Gasteiger partial charge in [0, 0.05) is 6.54 Å². The number of carbonyl (C=O) groups excluding carboxylic acids is 1. The molecule has 7 heteroatoms. The lowest BCUT2D eigenvalue weighted by molar-refractivity contribution is -0.127. The van der Waals surface area contributed by atoms with Crippen molar-refractivity contribution in [2.45, 2.75) is 46.6 Å². The van der Waals surface area contributed by atoms with Crippen LogP contribution >= 0.6 is 0 Å². The van der Waals surface area contributed by atoms with Crippen LogP contribution in [0.1, 0.15) is 45.9 Å². The largest absolute Gasteiger partial charge is 0.368 e. The van der Waals surface area contributed by atoms with Gasteiger partial charge in [0.2, 0.25) is 11.9 Å². The summed E-state index contributed by atoms with van der Waals surface area (Å²) in [4.78, 5) is 26.2. The topological polar surface area (TPSA) is 98.7 Å². The van der Waals surface area contributed by atoms with E-state index in [0.29, 0.717) is 18.0 Å². The van der Waals surface area contributed by atoms with E-state index in [1.165, 1.54) is 11.1 Å². The molecule has 4 rings (SSSR count). The number of anilines is 2. The molecule has 2 aliphatic rings. The Hall–Kier alpha value is -2.70. The molecule has 7 nitrogen and oxygen atoms in total. The molecule has 3 heterocycles. The average molecular weight is 338 g/mol. The van der Waals surface area contributed by atoms with Gasteiger partial charge < -0.3 is 15.6 Å². The van der Waals surface area contributed by atoms with Crippen molar-refractivity contribution in [2.24, 2.45) is 5.41 Å². The molecule has 0 fully saturated rings. The number of hydrogen-bond donors (Lipinski definition) is 2. The van der Waals surface area contributed by atoms with Crippen LogP contribution in [-0.2, 0) is 11.3 Å². The van der Waals surface area contributed by atoms with Gasteiger partial charge >= 0.3 is 0 Å². The highest BCUT2D eigenvalue weighted by atomic mass is 16.2. The molecule has 1 aliphatic heterocycles. The number of allylic oxidation sites excluding steroid dienone is 3. The first-order valence-corrected chi connectivity index (χ1v) is 8.47. The number of aromatic nitrogens is 4. The zero-order chi connectivity index (χ0) is 17.9. The normalized spacial score (nSPS) is 23.1. The summed E-state index contributed by atoms with van der Waals surface area (Å²) in [6.07, 6.45) is 2.45. The summed E-state index contributed by atoms with van der Waals surface area (Å²) in [7, 11) is 0. The smallest absolute Gasteiger partial charge is 0.233 e. The second kappa shape index (κ2) is 5.15. The first-order chi connectivity index (χ1) is 11.8. The minimum atomic E-state index is -0.517. The predicted octanol–water partition coefficient (Wildman–Crippen LogP) is 2.90. The van der Waals surface area contributed by atoms with Crippen LogP contribution in [0.4, 0.5) is 11.8 Å². The molecule has 1 aliphatic carbocycles. The quantitative estimate of drug-likeness (QED) is 0.779. The van der Waals surface area contributed by atoms with Crippen molar-refractivity contribution >= 4 is 34.4 Å². The van der Waals surface area contributed by atoms with Gasteiger partial charge in [-0.3, -0.25) is 4.79 Å². The molecule has 3 N–H and O–H groups in total. The second-order valence-corrected chi connectivity index (χ2v) is 7.38. The molecule has 0 saturated heterocycles. The number of amides is 1. The fourth-order valence-electron chi connectivity index (χ4n) is 3.95. The van der Waals surface area contributed by atoms with E-state index in [1.807, 2.05) is 11.5 Å². The third-order valence-corrected chi connectivity index (χ3v) is 5.49. The van der Waals surface area contributed by atoms with Gasteiger partial charge in [-0.25, -0.2) is 4.98 Å². The highest BCUT2D eigenvalue weighted by molar-refractivity contribution is 6.02. The maximum atomic E-state index is 13.2. The minimum Gasteiger partial charge on any atom is -0.368 e. The van der Waals surface area contributed by atoms with Crippen molar-refractivity contribution in [3.8, 4) is 0 Å². The molecule has 0 radical (unpaired) electrons. The van der Waals surface area contributed by atoms with Crippen LogP contribution in [0.2, 0.25) is 0 Å². The van der Waals surface area contributed by atoms with E-state index in [4.69, 9.17) is 5.73 Å². The molecule has 0 bridgehead atoms. The number of carbonyl (C=O) groups is 1. The standard InChI is InChI=1S/C18H22N6O/c1-9(2)15-20-13-12-14(23-17(19)22-13)21-16(25)18(8-24(12)15)6-5-10(3)11(4)7-18/h1,5-8H2,2-4H3,(H3,19,21,22,23,25). The lowest BCUT2D eigenvalue weighted by atomic mass is 9.71. The third kappa shape index (κ3) is 2.26. The maximum absolute atomic E-state index is 13.2. The monoisotopic (exact) mass is 338 g/mol. The molecule has 1 unspecified atom stereocenters. The Bertz CT molecular complexity index is 970. The van der Waals surface area contributed by atoms with Crippen molar-refractivity contribution in [2.75, 3.05) is 11.1 Å². The van der Waals surface area contributed by atoms with Gasteiger partial charge in [-0.15, -0.1) is 0 Å². The second-order valence-electron chi connectivity index (χ2n) is 7.38. The zero-order valence-corrected chi connectivity index (χ0v) is 14.8. The Kier molecular flexibility index (Phi) is 3.25. The van der Waals surface area contributed by atoms with Crippen molar-refractivity contribution < 1.29 is 4.79 Å². The van der Waals surface area contributed by atoms with Crippen molar-refractivity contribution in [3.05, 3.63) is 23.5 Å². The summed E-state index contributed by atoms with van der Waals surface area (Å²) in [6.45, 7) is 10.7. The van der Waals surface area contributed by atoms with Crippen LogP contribution in [0, 0.1) is 5.41 Å². The molecule has 2 aromatic heterocycles. The average Bonchev–Trinajstić information content (AvgIpc) is 2.84. The van der Waals surface area contributed by atoms with Gasteiger partial charge in [0.25, 0.3) is 0 Å². The van der Waals surface area contributed by atoms with Crippen LogP contribution in [0.3, 0.4) is 0 Å². The number of hydrogen-bond acceptors (Lipinski definition) is 5. The van der Waals surface area contributed by atoms with Gasteiger partial charge in [0.05, 0.1) is 5.41 Å². The molecule has 1 spiro atoms.